The predicted molar refractivity (Wildman–Crippen MR) is 197 cm³/mol. The maximum atomic E-state index is 14.2. The summed E-state index contributed by atoms with van der Waals surface area (Å²) in [5.41, 5.74) is 1.09. The van der Waals surface area contributed by atoms with Gasteiger partial charge in [0.25, 0.3) is 5.91 Å². The Balaban J connectivity index is 1.81. The van der Waals surface area contributed by atoms with E-state index >= 15 is 0 Å². The number of piperidine rings is 1. The zero-order chi connectivity index (χ0) is 37.8. The van der Waals surface area contributed by atoms with Crippen LogP contribution in [0.5, 0.6) is 0 Å². The number of benzene rings is 1. The molecule has 1 aliphatic heterocycles. The fraction of sp³-hybridized carbons (Fsp3) is 0.632. The lowest BCUT2D eigenvalue weighted by Crippen LogP contribution is -2.58. The number of carbonyl (C=O) groups is 5. The summed E-state index contributed by atoms with van der Waals surface area (Å²) in [6.07, 6.45) is 3.53. The van der Waals surface area contributed by atoms with Crippen LogP contribution in [0.1, 0.15) is 107 Å². The number of hydrogen-bond donors (Lipinski definition) is 3. The summed E-state index contributed by atoms with van der Waals surface area (Å²) in [5, 5.41) is 17.6. The average Bonchev–Trinajstić information content (AvgIpc) is 3.59. The molecule has 12 nitrogen and oxygen atoms in total. The lowest BCUT2D eigenvalue weighted by atomic mass is 9.92. The van der Waals surface area contributed by atoms with Gasteiger partial charge in [0.1, 0.15) is 16.7 Å². The van der Waals surface area contributed by atoms with E-state index in [1.54, 1.807) is 24.3 Å². The minimum atomic E-state index is -0.944. The second-order valence-corrected chi connectivity index (χ2v) is 15.3. The maximum Gasteiger partial charge on any atom is 0.306 e. The first-order chi connectivity index (χ1) is 24.1. The molecule has 0 bridgehead atoms. The molecule has 3 rings (SSSR count). The van der Waals surface area contributed by atoms with Crippen LogP contribution in [0, 0.1) is 17.8 Å². The van der Waals surface area contributed by atoms with Crippen LogP contribution >= 0.6 is 11.3 Å². The third kappa shape index (κ3) is 12.1. The zero-order valence-electron chi connectivity index (χ0n) is 31.4. The Morgan fingerprint density at radius 2 is 1.75 bits per heavy atom. The molecule has 1 aromatic carbocycles. The molecular weight excluding hydrogens is 671 g/mol. The van der Waals surface area contributed by atoms with Crippen molar-refractivity contribution in [2.24, 2.45) is 17.8 Å². The largest absolute Gasteiger partial charge is 0.481 e. The molecule has 7 atom stereocenters. The van der Waals surface area contributed by atoms with Gasteiger partial charge in [-0.2, -0.15) is 0 Å². The SMILES string of the molecule is CC[C@H](C)[C@H](NC(=O)[C@H]1CCCCN1C)C(=O)N(C)[C@H](C[C@@H](OC(C)=O)c1nc(C(=O)N[C@@H](Cc2ccccc2)C[C@H](C)C(=O)O)cs1)C(C)C. The van der Waals surface area contributed by atoms with E-state index in [0.717, 1.165) is 31.4 Å². The third-order valence-corrected chi connectivity index (χ3v) is 10.9. The van der Waals surface area contributed by atoms with E-state index in [0.29, 0.717) is 17.8 Å². The number of aromatic nitrogens is 1. The lowest BCUT2D eigenvalue weighted by Gasteiger charge is -2.38. The third-order valence-electron chi connectivity index (χ3n) is 9.98. The van der Waals surface area contributed by atoms with Crippen LogP contribution in [-0.2, 0) is 30.3 Å². The highest BCUT2D eigenvalue weighted by Gasteiger charge is 2.37. The van der Waals surface area contributed by atoms with Crippen molar-refractivity contribution in [1.29, 1.82) is 0 Å². The van der Waals surface area contributed by atoms with Gasteiger partial charge in [0.2, 0.25) is 11.8 Å². The van der Waals surface area contributed by atoms with Crippen LogP contribution in [0.2, 0.25) is 0 Å². The van der Waals surface area contributed by atoms with E-state index in [-0.39, 0.29) is 48.2 Å². The highest BCUT2D eigenvalue weighted by molar-refractivity contribution is 7.09. The fourth-order valence-corrected chi connectivity index (χ4v) is 7.48. The highest BCUT2D eigenvalue weighted by Crippen LogP contribution is 2.31. The monoisotopic (exact) mass is 727 g/mol. The number of likely N-dealkylation sites (tertiary alicyclic amines) is 1. The quantitative estimate of drug-likeness (QED) is 0.178. The summed E-state index contributed by atoms with van der Waals surface area (Å²) in [6.45, 7) is 11.7. The van der Waals surface area contributed by atoms with E-state index in [9.17, 15) is 29.1 Å². The number of nitrogens with zero attached hydrogens (tertiary/aromatic N) is 3. The Labute approximate surface area is 306 Å². The highest BCUT2D eigenvalue weighted by atomic mass is 32.1. The number of aliphatic carboxylic acids is 1. The van der Waals surface area contributed by atoms with Gasteiger partial charge in [-0.15, -0.1) is 11.3 Å². The lowest BCUT2D eigenvalue weighted by molar-refractivity contribution is -0.149. The van der Waals surface area contributed by atoms with Crippen molar-refractivity contribution in [2.45, 2.75) is 117 Å². The van der Waals surface area contributed by atoms with Crippen LogP contribution in [0.3, 0.4) is 0 Å². The number of ether oxygens (including phenoxy) is 1. The predicted octanol–water partition coefficient (Wildman–Crippen LogP) is 5.09. The summed E-state index contributed by atoms with van der Waals surface area (Å²) in [6, 6.07) is 7.68. The molecule has 1 saturated heterocycles. The fourth-order valence-electron chi connectivity index (χ4n) is 6.64. The molecule has 0 saturated carbocycles. The number of carboxylic acids is 1. The van der Waals surface area contributed by atoms with E-state index in [4.69, 9.17) is 4.74 Å². The molecule has 3 amide bonds. The Morgan fingerprint density at radius 3 is 2.33 bits per heavy atom. The first-order valence-electron chi connectivity index (χ1n) is 18.1. The summed E-state index contributed by atoms with van der Waals surface area (Å²) < 4.78 is 5.76. The zero-order valence-corrected chi connectivity index (χ0v) is 32.2. The smallest absolute Gasteiger partial charge is 0.306 e. The number of likely N-dealkylation sites (N-methyl/N-ethyl adjacent to an activating group) is 2. The van der Waals surface area contributed by atoms with Crippen molar-refractivity contribution >= 4 is 41.0 Å². The Bertz CT molecular complexity index is 1470. The van der Waals surface area contributed by atoms with E-state index < -0.39 is 48.0 Å². The minimum Gasteiger partial charge on any atom is -0.481 e. The molecule has 13 heteroatoms. The first kappa shape index (κ1) is 41.6. The van der Waals surface area contributed by atoms with Gasteiger partial charge in [0.15, 0.2) is 6.10 Å². The molecule has 2 aromatic rings. The maximum absolute atomic E-state index is 14.2. The molecular formula is C38H57N5O7S. The topological polar surface area (TPSA) is 158 Å². The van der Waals surface area contributed by atoms with Crippen LogP contribution in [0.25, 0.3) is 0 Å². The summed E-state index contributed by atoms with van der Waals surface area (Å²) in [5.74, 6) is -3.11. The second-order valence-electron chi connectivity index (χ2n) is 14.4. The number of thiazole rings is 1. The van der Waals surface area contributed by atoms with Crippen molar-refractivity contribution in [3.8, 4) is 0 Å². The van der Waals surface area contributed by atoms with Crippen molar-refractivity contribution in [1.82, 2.24) is 25.4 Å². The number of esters is 1. The Kier molecular flexibility index (Phi) is 16.0. The normalized spacial score (nSPS) is 18.5. The number of hydrogen-bond acceptors (Lipinski definition) is 9. The molecule has 0 unspecified atom stereocenters. The van der Waals surface area contributed by atoms with E-state index in [1.165, 1.54) is 18.3 Å². The van der Waals surface area contributed by atoms with Crippen molar-refractivity contribution in [3.05, 3.63) is 52.0 Å². The number of nitrogens with one attached hydrogen (secondary N) is 2. The van der Waals surface area contributed by atoms with Crippen molar-refractivity contribution < 1.29 is 33.8 Å². The van der Waals surface area contributed by atoms with Crippen molar-refractivity contribution in [2.75, 3.05) is 20.6 Å². The number of carbonyl (C=O) groups excluding carboxylic acids is 4. The van der Waals surface area contributed by atoms with E-state index in [2.05, 4.69) is 15.6 Å². The number of amides is 3. The molecule has 1 aliphatic rings. The number of rotatable bonds is 18. The Hall–Kier alpha value is -3.84. The molecule has 0 radical (unpaired) electrons. The van der Waals surface area contributed by atoms with Gasteiger partial charge < -0.3 is 25.4 Å². The van der Waals surface area contributed by atoms with Gasteiger partial charge in [-0.1, -0.05) is 77.8 Å². The molecule has 3 N–H and O–H groups in total. The van der Waals surface area contributed by atoms with Crippen LogP contribution in [0.4, 0.5) is 0 Å². The summed E-state index contributed by atoms with van der Waals surface area (Å²) >= 11 is 1.18. The van der Waals surface area contributed by atoms with Crippen LogP contribution in [0.15, 0.2) is 35.7 Å². The van der Waals surface area contributed by atoms with Gasteiger partial charge in [-0.3, -0.25) is 28.9 Å². The van der Waals surface area contributed by atoms with Gasteiger partial charge in [-0.05, 0) is 56.7 Å². The molecule has 282 valence electrons. The standard InChI is InChI=1S/C38H57N5O7S/c1-9-24(4)33(41-35(46)30-17-13-14-18-42(30)7)37(47)43(8)31(23(2)3)21-32(50-26(6)44)36-40-29(22-51-36)34(45)39-28(19-25(5)38(48)49)20-27-15-11-10-12-16-27/h10-12,15-16,22-25,28,30-33H,9,13-14,17-21H2,1-8H3,(H,39,45)(H,41,46)(H,48,49)/t24-,25-,28+,30+,31+,32+,33-/m0/s1. The molecule has 2 heterocycles. The summed E-state index contributed by atoms with van der Waals surface area (Å²) in [4.78, 5) is 73.3. The van der Waals surface area contributed by atoms with Gasteiger partial charge >= 0.3 is 11.9 Å². The molecule has 0 spiro atoms. The number of carboxylic acid groups (broad SMARTS) is 1. The van der Waals surface area contributed by atoms with E-state index in [1.807, 2.05) is 70.0 Å². The van der Waals surface area contributed by atoms with Crippen molar-refractivity contribution in [3.63, 3.8) is 0 Å². The van der Waals surface area contributed by atoms with Gasteiger partial charge in [0, 0.05) is 37.9 Å². The van der Waals surface area contributed by atoms with Crippen LogP contribution < -0.4 is 10.6 Å². The van der Waals surface area contributed by atoms with Gasteiger partial charge in [0.05, 0.1) is 12.0 Å². The Morgan fingerprint density at radius 1 is 1.06 bits per heavy atom. The first-order valence-corrected chi connectivity index (χ1v) is 19.0. The van der Waals surface area contributed by atoms with Gasteiger partial charge in [-0.25, -0.2) is 4.98 Å². The van der Waals surface area contributed by atoms with Crippen LogP contribution in [-0.4, -0.2) is 94.4 Å². The minimum absolute atomic E-state index is 0.0486. The second kappa shape index (κ2) is 19.7. The summed E-state index contributed by atoms with van der Waals surface area (Å²) in [7, 11) is 3.66. The molecule has 0 aliphatic carbocycles. The molecule has 51 heavy (non-hydrogen) atoms. The molecule has 1 aromatic heterocycles. The molecule has 1 fully saturated rings. The average molecular weight is 728 g/mol.